The van der Waals surface area contributed by atoms with Crippen LogP contribution in [-0.4, -0.2) is 30.0 Å². The molecule has 1 saturated heterocycles. The predicted octanol–water partition coefficient (Wildman–Crippen LogP) is 2.75. The lowest BCUT2D eigenvalue weighted by Crippen LogP contribution is -2.45. The summed E-state index contributed by atoms with van der Waals surface area (Å²) in [6.45, 7) is 0.505. The van der Waals surface area contributed by atoms with Gasteiger partial charge in [-0.1, -0.05) is 60.7 Å². The third kappa shape index (κ3) is 2.48. The molecular formula is C17H19NO2. The Balaban J connectivity index is 1.90. The summed E-state index contributed by atoms with van der Waals surface area (Å²) in [4.78, 5) is 2.19. The van der Waals surface area contributed by atoms with E-state index in [1.807, 2.05) is 55.6 Å². The molecule has 1 unspecified atom stereocenters. The van der Waals surface area contributed by atoms with Crippen LogP contribution in [0.3, 0.4) is 0 Å². The summed E-state index contributed by atoms with van der Waals surface area (Å²) < 4.78 is 5.60. The number of aliphatic hydroxyl groups is 1. The molecule has 3 nitrogen and oxygen atoms in total. The van der Waals surface area contributed by atoms with Crippen LogP contribution >= 0.6 is 0 Å². The Morgan fingerprint density at radius 1 is 0.950 bits per heavy atom. The lowest BCUT2D eigenvalue weighted by molar-refractivity contribution is -0.197. The highest BCUT2D eigenvalue weighted by molar-refractivity contribution is 5.24. The number of benzene rings is 2. The molecule has 1 N–H and O–H groups in total. The Morgan fingerprint density at radius 2 is 1.50 bits per heavy atom. The van der Waals surface area contributed by atoms with E-state index in [1.54, 1.807) is 0 Å². The minimum absolute atomic E-state index is 0.143. The van der Waals surface area contributed by atoms with Gasteiger partial charge < -0.3 is 9.84 Å². The van der Waals surface area contributed by atoms with E-state index in [2.05, 4.69) is 17.0 Å². The van der Waals surface area contributed by atoms with Crippen LogP contribution in [0.15, 0.2) is 60.7 Å². The molecule has 2 aromatic rings. The summed E-state index contributed by atoms with van der Waals surface area (Å²) in [6.07, 6.45) is -0.789. The van der Waals surface area contributed by atoms with Gasteiger partial charge in [0.2, 0.25) is 0 Å². The number of morpholine rings is 1. The van der Waals surface area contributed by atoms with Gasteiger partial charge in [-0.05, 0) is 18.2 Å². The third-order valence-electron chi connectivity index (χ3n) is 3.95. The van der Waals surface area contributed by atoms with Gasteiger partial charge in [0.15, 0.2) is 6.29 Å². The van der Waals surface area contributed by atoms with Gasteiger partial charge in [-0.15, -0.1) is 0 Å². The molecule has 1 aliphatic heterocycles. The highest BCUT2D eigenvalue weighted by Crippen LogP contribution is 2.36. The van der Waals surface area contributed by atoms with E-state index < -0.39 is 6.29 Å². The van der Waals surface area contributed by atoms with Crippen molar-refractivity contribution < 1.29 is 9.84 Å². The van der Waals surface area contributed by atoms with Gasteiger partial charge in [0.1, 0.15) is 0 Å². The van der Waals surface area contributed by atoms with Crippen LogP contribution in [0.1, 0.15) is 23.2 Å². The number of hydrogen-bond acceptors (Lipinski definition) is 3. The topological polar surface area (TPSA) is 32.7 Å². The molecule has 0 spiro atoms. The molecule has 0 amide bonds. The van der Waals surface area contributed by atoms with Crippen LogP contribution in [0.5, 0.6) is 0 Å². The fourth-order valence-electron chi connectivity index (χ4n) is 2.85. The summed E-state index contributed by atoms with van der Waals surface area (Å²) in [6, 6.07) is 20.3. The van der Waals surface area contributed by atoms with Crippen LogP contribution in [0, 0.1) is 0 Å². The van der Waals surface area contributed by atoms with Crippen molar-refractivity contribution in [2.45, 2.75) is 18.4 Å². The first kappa shape index (κ1) is 13.3. The first-order valence-corrected chi connectivity index (χ1v) is 6.89. The molecule has 3 rings (SSSR count). The summed E-state index contributed by atoms with van der Waals surface area (Å²) in [5.74, 6) is 0. The van der Waals surface area contributed by atoms with Crippen molar-refractivity contribution in [3.63, 3.8) is 0 Å². The van der Waals surface area contributed by atoms with Crippen LogP contribution in [-0.2, 0) is 4.74 Å². The van der Waals surface area contributed by atoms with Gasteiger partial charge in [-0.2, -0.15) is 0 Å². The van der Waals surface area contributed by atoms with E-state index in [9.17, 15) is 5.11 Å². The van der Waals surface area contributed by atoms with E-state index in [0.29, 0.717) is 6.61 Å². The molecule has 20 heavy (non-hydrogen) atoms. The van der Waals surface area contributed by atoms with E-state index in [4.69, 9.17) is 4.74 Å². The smallest absolute Gasteiger partial charge is 0.174 e. The molecule has 0 aromatic heterocycles. The minimum Gasteiger partial charge on any atom is -0.366 e. The fraction of sp³-hybridized carbons (Fsp3) is 0.294. The normalized spacial score (nSPS) is 27.4. The van der Waals surface area contributed by atoms with E-state index in [-0.39, 0.29) is 12.1 Å². The zero-order valence-electron chi connectivity index (χ0n) is 11.5. The zero-order chi connectivity index (χ0) is 13.9. The second-order valence-corrected chi connectivity index (χ2v) is 5.17. The van der Waals surface area contributed by atoms with Crippen molar-refractivity contribution in [1.82, 2.24) is 4.90 Å². The Bertz CT molecular complexity index is 543. The van der Waals surface area contributed by atoms with Crippen LogP contribution < -0.4 is 0 Å². The van der Waals surface area contributed by atoms with E-state index in [1.165, 1.54) is 5.56 Å². The molecular weight excluding hydrogens is 250 g/mol. The molecule has 3 heteroatoms. The molecule has 0 radical (unpaired) electrons. The van der Waals surface area contributed by atoms with E-state index >= 15 is 0 Å². The second-order valence-electron chi connectivity index (χ2n) is 5.17. The quantitative estimate of drug-likeness (QED) is 0.910. The summed E-state index contributed by atoms with van der Waals surface area (Å²) in [7, 11) is 2.04. The Morgan fingerprint density at radius 3 is 2.10 bits per heavy atom. The maximum Gasteiger partial charge on any atom is 0.174 e. The van der Waals surface area contributed by atoms with Crippen molar-refractivity contribution in [1.29, 1.82) is 0 Å². The number of likely N-dealkylation sites (N-methyl/N-ethyl adjacent to an activating group) is 1. The highest BCUT2D eigenvalue weighted by atomic mass is 16.6. The largest absolute Gasteiger partial charge is 0.366 e. The molecule has 1 heterocycles. The van der Waals surface area contributed by atoms with Crippen molar-refractivity contribution in [3.05, 3.63) is 71.8 Å². The van der Waals surface area contributed by atoms with Gasteiger partial charge in [0.05, 0.1) is 18.7 Å². The predicted molar refractivity (Wildman–Crippen MR) is 78.1 cm³/mol. The van der Waals surface area contributed by atoms with Crippen LogP contribution in [0.2, 0.25) is 0 Å². The molecule has 3 atom stereocenters. The monoisotopic (exact) mass is 269 g/mol. The van der Waals surface area contributed by atoms with Gasteiger partial charge in [0.25, 0.3) is 0 Å². The van der Waals surface area contributed by atoms with Crippen LogP contribution in [0.25, 0.3) is 0 Å². The van der Waals surface area contributed by atoms with Gasteiger partial charge in [-0.3, -0.25) is 4.90 Å². The molecule has 2 aromatic carbocycles. The number of rotatable bonds is 2. The molecule has 1 aliphatic rings. The van der Waals surface area contributed by atoms with Crippen molar-refractivity contribution in [3.8, 4) is 0 Å². The third-order valence-corrected chi connectivity index (χ3v) is 3.95. The maximum atomic E-state index is 10.2. The SMILES string of the molecule is CN1[C@H](c2ccccc2)C(O)OC[C@H]1c1ccccc1. The Labute approximate surface area is 119 Å². The standard InChI is InChI=1S/C17H19NO2/c1-18-15(13-8-4-2-5-9-13)12-20-17(19)16(18)14-10-6-3-7-11-14/h2-11,15-17,19H,12H2,1H3/t15-,16+,17?/m0/s1. The number of ether oxygens (including phenoxy) is 1. The fourth-order valence-corrected chi connectivity index (χ4v) is 2.85. The zero-order valence-corrected chi connectivity index (χ0v) is 11.5. The van der Waals surface area contributed by atoms with Gasteiger partial charge >= 0.3 is 0 Å². The first-order chi connectivity index (χ1) is 9.77. The van der Waals surface area contributed by atoms with E-state index in [0.717, 1.165) is 5.56 Å². The van der Waals surface area contributed by atoms with Gasteiger partial charge in [-0.25, -0.2) is 0 Å². The van der Waals surface area contributed by atoms with Crippen molar-refractivity contribution in [2.24, 2.45) is 0 Å². The number of aliphatic hydroxyl groups excluding tert-OH is 1. The molecule has 0 saturated carbocycles. The molecule has 104 valence electrons. The molecule has 0 bridgehead atoms. The average molecular weight is 269 g/mol. The van der Waals surface area contributed by atoms with Gasteiger partial charge in [0, 0.05) is 0 Å². The molecule has 1 fully saturated rings. The summed E-state index contributed by atoms with van der Waals surface area (Å²) >= 11 is 0. The lowest BCUT2D eigenvalue weighted by atomic mass is 9.98. The minimum atomic E-state index is -0.789. The highest BCUT2D eigenvalue weighted by Gasteiger charge is 2.36. The number of nitrogens with zero attached hydrogens (tertiary/aromatic N) is 1. The summed E-state index contributed by atoms with van der Waals surface area (Å²) in [5.41, 5.74) is 2.28. The lowest BCUT2D eigenvalue weighted by Gasteiger charge is -2.42. The van der Waals surface area contributed by atoms with Crippen molar-refractivity contribution >= 4 is 0 Å². The van der Waals surface area contributed by atoms with Crippen molar-refractivity contribution in [2.75, 3.05) is 13.7 Å². The number of hydrogen-bond donors (Lipinski definition) is 1. The Hall–Kier alpha value is -1.68. The Kier molecular flexibility index (Phi) is 3.83. The summed E-state index contributed by atoms with van der Waals surface area (Å²) in [5, 5.41) is 10.2. The molecule has 0 aliphatic carbocycles. The first-order valence-electron chi connectivity index (χ1n) is 6.89. The van der Waals surface area contributed by atoms with Crippen LogP contribution in [0.4, 0.5) is 0 Å². The average Bonchev–Trinajstić information content (AvgIpc) is 2.49. The maximum absolute atomic E-state index is 10.2. The second kappa shape index (κ2) is 5.75.